The van der Waals surface area contributed by atoms with Crippen LogP contribution in [-0.2, 0) is 0 Å². The molecular weight excluding hydrogens is 211 g/mol. The number of hydrogen-bond acceptors (Lipinski definition) is 3. The van der Waals surface area contributed by atoms with Gasteiger partial charge in [-0.25, -0.2) is 9.97 Å². The number of thiazole rings is 1. The standard InChI is InChI=1S/C8H3ClFN2S/c9-6-2-11-8(10)1-5(6)7-3-13-4-12-7/h1-3H. The summed E-state index contributed by atoms with van der Waals surface area (Å²) in [6.45, 7) is 0. The smallest absolute Gasteiger partial charge is 0.213 e. The van der Waals surface area contributed by atoms with Gasteiger partial charge in [-0.05, 0) is 0 Å². The highest BCUT2D eigenvalue weighted by Gasteiger charge is 2.07. The second kappa shape index (κ2) is 3.40. The van der Waals surface area contributed by atoms with Gasteiger partial charge in [0, 0.05) is 23.2 Å². The van der Waals surface area contributed by atoms with Crippen LogP contribution in [0.3, 0.4) is 0 Å². The molecule has 2 aromatic heterocycles. The molecule has 2 aromatic rings. The van der Waals surface area contributed by atoms with Crippen molar-refractivity contribution in [3.8, 4) is 11.3 Å². The van der Waals surface area contributed by atoms with Crippen molar-refractivity contribution in [2.45, 2.75) is 0 Å². The fourth-order valence-electron chi connectivity index (χ4n) is 0.917. The number of pyridine rings is 1. The third-order valence-electron chi connectivity index (χ3n) is 1.49. The van der Waals surface area contributed by atoms with E-state index >= 15 is 0 Å². The van der Waals surface area contributed by atoms with Gasteiger partial charge in [0.2, 0.25) is 5.95 Å². The number of rotatable bonds is 1. The molecule has 0 aliphatic heterocycles. The number of halogens is 2. The molecule has 13 heavy (non-hydrogen) atoms. The van der Waals surface area contributed by atoms with Crippen molar-refractivity contribution in [3.63, 3.8) is 0 Å². The molecule has 0 unspecified atom stereocenters. The van der Waals surface area contributed by atoms with Crippen molar-refractivity contribution in [2.24, 2.45) is 0 Å². The van der Waals surface area contributed by atoms with Gasteiger partial charge in [-0.15, -0.1) is 11.3 Å². The number of aromatic nitrogens is 2. The highest BCUT2D eigenvalue weighted by atomic mass is 35.5. The average Bonchev–Trinajstić information content (AvgIpc) is 2.61. The zero-order chi connectivity index (χ0) is 9.26. The summed E-state index contributed by atoms with van der Waals surface area (Å²) < 4.78 is 12.7. The third kappa shape index (κ3) is 1.68. The van der Waals surface area contributed by atoms with Gasteiger partial charge in [-0.3, -0.25) is 0 Å². The lowest BCUT2D eigenvalue weighted by molar-refractivity contribution is 0.584. The van der Waals surface area contributed by atoms with Crippen LogP contribution in [0.2, 0.25) is 5.02 Å². The molecule has 5 heteroatoms. The lowest BCUT2D eigenvalue weighted by Gasteiger charge is -1.98. The molecule has 1 radical (unpaired) electrons. The van der Waals surface area contributed by atoms with Gasteiger partial charge >= 0.3 is 0 Å². The first-order valence-electron chi connectivity index (χ1n) is 3.40. The summed E-state index contributed by atoms with van der Waals surface area (Å²) in [5.74, 6) is -0.563. The summed E-state index contributed by atoms with van der Waals surface area (Å²) in [4.78, 5) is 7.32. The molecule has 0 aromatic carbocycles. The predicted molar refractivity (Wildman–Crippen MR) is 49.1 cm³/mol. The maximum atomic E-state index is 12.7. The summed E-state index contributed by atoms with van der Waals surface area (Å²) in [7, 11) is 0. The Labute approximate surface area is 83.0 Å². The molecule has 2 heterocycles. The Hall–Kier alpha value is -1.00. The monoisotopic (exact) mass is 213 g/mol. The van der Waals surface area contributed by atoms with E-state index in [4.69, 9.17) is 11.6 Å². The zero-order valence-electron chi connectivity index (χ0n) is 6.29. The minimum absolute atomic E-state index is 0.390. The van der Waals surface area contributed by atoms with Crippen LogP contribution >= 0.6 is 22.9 Å². The fourth-order valence-corrected chi connectivity index (χ4v) is 1.61. The van der Waals surface area contributed by atoms with E-state index in [2.05, 4.69) is 15.5 Å². The quantitative estimate of drug-likeness (QED) is 0.681. The van der Waals surface area contributed by atoms with Crippen LogP contribution in [0.5, 0.6) is 0 Å². The predicted octanol–water partition coefficient (Wildman–Crippen LogP) is 2.80. The van der Waals surface area contributed by atoms with Crippen LogP contribution in [0.25, 0.3) is 11.3 Å². The molecule has 2 rings (SSSR count). The Morgan fingerprint density at radius 3 is 3.08 bits per heavy atom. The molecule has 0 saturated carbocycles. The molecule has 0 spiro atoms. The van der Waals surface area contributed by atoms with E-state index in [0.717, 1.165) is 0 Å². The summed E-state index contributed by atoms with van der Waals surface area (Å²) in [6.07, 6.45) is 1.27. The van der Waals surface area contributed by atoms with Gasteiger partial charge in [0.25, 0.3) is 0 Å². The van der Waals surface area contributed by atoms with Gasteiger partial charge in [0.15, 0.2) is 5.51 Å². The van der Waals surface area contributed by atoms with Crippen LogP contribution in [0.15, 0.2) is 17.6 Å². The van der Waals surface area contributed by atoms with E-state index in [1.165, 1.54) is 23.6 Å². The molecule has 0 aliphatic rings. The van der Waals surface area contributed by atoms with Crippen LogP contribution in [0, 0.1) is 11.5 Å². The Bertz CT molecular complexity index is 416. The molecule has 0 N–H and O–H groups in total. The molecule has 0 bridgehead atoms. The first kappa shape index (κ1) is 8.59. The van der Waals surface area contributed by atoms with Gasteiger partial charge in [0.1, 0.15) is 0 Å². The van der Waals surface area contributed by atoms with Crippen molar-refractivity contribution in [2.75, 3.05) is 0 Å². The van der Waals surface area contributed by atoms with E-state index in [1.54, 1.807) is 5.38 Å². The van der Waals surface area contributed by atoms with E-state index in [0.29, 0.717) is 16.3 Å². The minimum atomic E-state index is -0.563. The van der Waals surface area contributed by atoms with Crippen molar-refractivity contribution < 1.29 is 4.39 Å². The van der Waals surface area contributed by atoms with Gasteiger partial charge in [-0.2, -0.15) is 4.39 Å². The third-order valence-corrected chi connectivity index (χ3v) is 2.33. The highest BCUT2D eigenvalue weighted by Crippen LogP contribution is 2.26. The zero-order valence-corrected chi connectivity index (χ0v) is 7.86. The second-order valence-corrected chi connectivity index (χ2v) is 3.37. The Morgan fingerprint density at radius 1 is 1.54 bits per heavy atom. The van der Waals surface area contributed by atoms with Gasteiger partial charge in [-0.1, -0.05) is 11.6 Å². The highest BCUT2D eigenvalue weighted by molar-refractivity contribution is 7.07. The molecule has 0 fully saturated rings. The van der Waals surface area contributed by atoms with Crippen molar-refractivity contribution in [1.29, 1.82) is 0 Å². The lowest BCUT2D eigenvalue weighted by atomic mass is 10.2. The molecular formula is C8H3ClFN2S. The second-order valence-electron chi connectivity index (χ2n) is 2.31. The fraction of sp³-hybridized carbons (Fsp3) is 0. The molecule has 65 valence electrons. The SMILES string of the molecule is Fc1cc(-c2cs[c]n2)c(Cl)cn1. The number of hydrogen-bond donors (Lipinski definition) is 0. The normalized spacial score (nSPS) is 10.3. The molecule has 0 aliphatic carbocycles. The Balaban J connectivity index is 2.57. The Morgan fingerprint density at radius 2 is 2.38 bits per heavy atom. The van der Waals surface area contributed by atoms with Crippen molar-refractivity contribution in [1.82, 2.24) is 9.97 Å². The van der Waals surface area contributed by atoms with Crippen LogP contribution in [0.4, 0.5) is 4.39 Å². The molecule has 2 nitrogen and oxygen atoms in total. The topological polar surface area (TPSA) is 25.8 Å². The molecule has 0 amide bonds. The van der Waals surface area contributed by atoms with Gasteiger partial charge < -0.3 is 0 Å². The van der Waals surface area contributed by atoms with Crippen molar-refractivity contribution >= 4 is 22.9 Å². The maximum absolute atomic E-state index is 12.7. The first-order chi connectivity index (χ1) is 6.27. The average molecular weight is 214 g/mol. The maximum Gasteiger partial charge on any atom is 0.213 e. The van der Waals surface area contributed by atoms with Crippen LogP contribution in [-0.4, -0.2) is 9.97 Å². The minimum Gasteiger partial charge on any atom is -0.233 e. The van der Waals surface area contributed by atoms with Crippen molar-refractivity contribution in [3.05, 3.63) is 34.1 Å². The lowest BCUT2D eigenvalue weighted by Crippen LogP contribution is -1.85. The largest absolute Gasteiger partial charge is 0.233 e. The van der Waals surface area contributed by atoms with Crippen LogP contribution in [0.1, 0.15) is 0 Å². The summed E-state index contributed by atoms with van der Waals surface area (Å²) in [5.41, 5.74) is 3.83. The van der Waals surface area contributed by atoms with E-state index in [-0.39, 0.29) is 0 Å². The van der Waals surface area contributed by atoms with E-state index in [9.17, 15) is 4.39 Å². The first-order valence-corrected chi connectivity index (χ1v) is 4.66. The van der Waals surface area contributed by atoms with Crippen LogP contribution < -0.4 is 0 Å². The van der Waals surface area contributed by atoms with E-state index < -0.39 is 5.95 Å². The van der Waals surface area contributed by atoms with Gasteiger partial charge in [0.05, 0.1) is 10.7 Å². The summed E-state index contributed by atoms with van der Waals surface area (Å²) in [6, 6.07) is 1.26. The summed E-state index contributed by atoms with van der Waals surface area (Å²) in [5, 5.41) is 2.14. The van der Waals surface area contributed by atoms with E-state index in [1.807, 2.05) is 0 Å². The molecule has 0 atom stereocenters. The number of nitrogens with zero attached hydrogens (tertiary/aromatic N) is 2. The Kier molecular flexibility index (Phi) is 2.24. The molecule has 0 saturated heterocycles. The summed E-state index contributed by atoms with van der Waals surface area (Å²) >= 11 is 7.12.